The average molecular weight is 220 g/mol. The van der Waals surface area contributed by atoms with Crippen molar-refractivity contribution in [2.45, 2.75) is 4.90 Å². The van der Waals surface area contributed by atoms with Gasteiger partial charge in [0.15, 0.2) is 0 Å². The minimum absolute atomic E-state index is 0.290. The quantitative estimate of drug-likeness (QED) is 0.678. The van der Waals surface area contributed by atoms with Crippen LogP contribution in [-0.4, -0.2) is 8.42 Å². The van der Waals surface area contributed by atoms with Crippen molar-refractivity contribution in [3.63, 3.8) is 0 Å². The lowest BCUT2D eigenvalue weighted by molar-refractivity contribution is 0.552. The highest BCUT2D eigenvalue weighted by molar-refractivity contribution is 7.86. The van der Waals surface area contributed by atoms with E-state index in [1.165, 1.54) is 24.3 Å². The maximum absolute atomic E-state index is 12.6. The van der Waals surface area contributed by atoms with Gasteiger partial charge in [-0.1, -0.05) is 17.7 Å². The van der Waals surface area contributed by atoms with Crippen LogP contribution in [0.15, 0.2) is 23.1 Å². The highest BCUT2D eigenvalue weighted by Gasteiger charge is 2.20. The molecule has 1 aromatic carbocycles. The van der Waals surface area contributed by atoms with E-state index in [1.807, 2.05) is 0 Å². The standard InChI is InChI=1S/C7H3ClFNO2S/c8-6-3-1-2-5(4-10)7(6)13(9,11)12/h1-3H. The SMILES string of the molecule is N#Cc1cccc(Cl)c1S(=O)(=O)F. The van der Waals surface area contributed by atoms with Gasteiger partial charge < -0.3 is 0 Å². The van der Waals surface area contributed by atoms with Gasteiger partial charge in [-0.05, 0) is 12.1 Å². The van der Waals surface area contributed by atoms with Gasteiger partial charge in [-0.2, -0.15) is 13.7 Å². The lowest BCUT2D eigenvalue weighted by Crippen LogP contribution is -1.96. The molecule has 0 aromatic heterocycles. The first kappa shape index (κ1) is 9.96. The largest absolute Gasteiger partial charge is 0.334 e. The zero-order valence-corrected chi connectivity index (χ0v) is 7.73. The van der Waals surface area contributed by atoms with Crippen molar-refractivity contribution in [3.8, 4) is 6.07 Å². The van der Waals surface area contributed by atoms with Crippen molar-refractivity contribution in [3.05, 3.63) is 28.8 Å². The molecule has 0 atom stereocenters. The Morgan fingerprint density at radius 1 is 1.46 bits per heavy atom. The summed E-state index contributed by atoms with van der Waals surface area (Å²) in [7, 11) is -4.93. The van der Waals surface area contributed by atoms with E-state index in [4.69, 9.17) is 16.9 Å². The van der Waals surface area contributed by atoms with Crippen LogP contribution in [0.25, 0.3) is 0 Å². The highest BCUT2D eigenvalue weighted by Crippen LogP contribution is 2.26. The number of hydrogen-bond donors (Lipinski definition) is 0. The summed E-state index contributed by atoms with van der Waals surface area (Å²) in [5, 5.41) is 8.18. The molecule has 0 aliphatic rings. The number of halogens is 2. The first-order chi connectivity index (χ1) is 5.96. The van der Waals surface area contributed by atoms with Crippen molar-refractivity contribution < 1.29 is 12.3 Å². The fourth-order valence-electron chi connectivity index (χ4n) is 0.845. The molecule has 0 fully saturated rings. The second-order valence-corrected chi connectivity index (χ2v) is 3.86. The Labute approximate surface area is 79.6 Å². The average Bonchev–Trinajstić information content (AvgIpc) is 2.01. The molecular weight excluding hydrogens is 217 g/mol. The molecule has 0 bridgehead atoms. The van der Waals surface area contributed by atoms with Crippen LogP contribution in [0.5, 0.6) is 0 Å². The second kappa shape index (κ2) is 3.32. The Hall–Kier alpha value is -1.12. The van der Waals surface area contributed by atoms with Crippen LogP contribution >= 0.6 is 11.6 Å². The zero-order valence-electron chi connectivity index (χ0n) is 6.16. The molecule has 0 unspecified atom stereocenters. The Morgan fingerprint density at radius 2 is 2.08 bits per heavy atom. The molecule has 0 saturated heterocycles. The molecule has 0 spiro atoms. The third-order valence-electron chi connectivity index (χ3n) is 1.33. The van der Waals surface area contributed by atoms with E-state index in [9.17, 15) is 12.3 Å². The van der Waals surface area contributed by atoms with Crippen LogP contribution in [-0.2, 0) is 10.2 Å². The second-order valence-electron chi connectivity index (χ2n) is 2.17. The van der Waals surface area contributed by atoms with Crippen molar-refractivity contribution >= 4 is 21.8 Å². The highest BCUT2D eigenvalue weighted by atomic mass is 35.5. The number of hydrogen-bond acceptors (Lipinski definition) is 3. The van der Waals surface area contributed by atoms with Gasteiger partial charge in [-0.25, -0.2) is 0 Å². The molecule has 1 rings (SSSR count). The Kier molecular flexibility index (Phi) is 2.55. The van der Waals surface area contributed by atoms with Crippen molar-refractivity contribution in [2.75, 3.05) is 0 Å². The summed E-state index contributed by atoms with van der Waals surface area (Å²) >= 11 is 5.42. The number of nitriles is 1. The van der Waals surface area contributed by atoms with Crippen molar-refractivity contribution in [1.29, 1.82) is 5.26 Å². The van der Waals surface area contributed by atoms with Crippen LogP contribution in [0.3, 0.4) is 0 Å². The molecule has 6 heteroatoms. The van der Waals surface area contributed by atoms with Crippen molar-refractivity contribution in [2.24, 2.45) is 0 Å². The smallest absolute Gasteiger partial charge is 0.192 e. The summed E-state index contributed by atoms with van der Waals surface area (Å²) in [5.41, 5.74) is -0.296. The van der Waals surface area contributed by atoms with Crippen LogP contribution in [0.4, 0.5) is 3.89 Å². The predicted molar refractivity (Wildman–Crippen MR) is 44.5 cm³/mol. The van der Waals surface area contributed by atoms with Gasteiger partial charge in [-0.3, -0.25) is 0 Å². The molecule has 0 aliphatic heterocycles. The molecule has 0 radical (unpaired) electrons. The third-order valence-corrected chi connectivity index (χ3v) is 2.69. The van der Waals surface area contributed by atoms with Crippen LogP contribution in [0.2, 0.25) is 5.02 Å². The monoisotopic (exact) mass is 219 g/mol. The van der Waals surface area contributed by atoms with Gasteiger partial charge in [0.25, 0.3) is 0 Å². The summed E-state index contributed by atoms with van der Waals surface area (Å²) in [6.07, 6.45) is 0. The summed E-state index contributed by atoms with van der Waals surface area (Å²) in [4.78, 5) is -0.765. The van der Waals surface area contributed by atoms with Crippen LogP contribution < -0.4 is 0 Å². The van der Waals surface area contributed by atoms with E-state index in [0.29, 0.717) is 0 Å². The van der Waals surface area contributed by atoms with Gasteiger partial charge in [0.05, 0.1) is 10.6 Å². The van der Waals surface area contributed by atoms with Gasteiger partial charge >= 0.3 is 10.2 Å². The minimum atomic E-state index is -4.93. The molecule has 1 aromatic rings. The summed E-state index contributed by atoms with van der Waals surface area (Å²) in [5.74, 6) is 0. The fourth-order valence-corrected chi connectivity index (χ4v) is 1.97. The Bertz CT molecular complexity index is 478. The van der Waals surface area contributed by atoms with Crippen LogP contribution in [0, 0.1) is 11.3 Å². The number of benzene rings is 1. The van der Waals surface area contributed by atoms with E-state index in [-0.39, 0.29) is 10.6 Å². The molecule has 0 N–H and O–H groups in total. The molecule has 0 saturated carbocycles. The predicted octanol–water partition coefficient (Wildman–Crippen LogP) is 1.87. The van der Waals surface area contributed by atoms with Crippen LogP contribution in [0.1, 0.15) is 5.56 Å². The Balaban J connectivity index is 3.62. The normalized spacial score (nSPS) is 10.8. The molecule has 0 heterocycles. The number of rotatable bonds is 1. The summed E-state index contributed by atoms with van der Waals surface area (Å²) in [6, 6.07) is 5.29. The summed E-state index contributed by atoms with van der Waals surface area (Å²) < 4.78 is 33.6. The lowest BCUT2D eigenvalue weighted by Gasteiger charge is -1.99. The van der Waals surface area contributed by atoms with E-state index in [1.54, 1.807) is 0 Å². The lowest BCUT2D eigenvalue weighted by atomic mass is 10.2. The first-order valence-corrected chi connectivity index (χ1v) is 4.86. The summed E-state index contributed by atoms with van der Waals surface area (Å²) in [6.45, 7) is 0. The van der Waals surface area contributed by atoms with E-state index >= 15 is 0 Å². The molecule has 13 heavy (non-hydrogen) atoms. The molecule has 68 valence electrons. The van der Waals surface area contributed by atoms with Crippen molar-refractivity contribution in [1.82, 2.24) is 0 Å². The minimum Gasteiger partial charge on any atom is -0.192 e. The topological polar surface area (TPSA) is 57.9 Å². The van der Waals surface area contributed by atoms with E-state index < -0.39 is 15.1 Å². The Morgan fingerprint density at radius 3 is 2.46 bits per heavy atom. The fraction of sp³-hybridized carbons (Fsp3) is 0. The van der Waals surface area contributed by atoms with Gasteiger partial charge in [-0.15, -0.1) is 3.89 Å². The number of nitrogens with zero attached hydrogens (tertiary/aromatic N) is 1. The molecular formula is C7H3ClFNO2S. The first-order valence-electron chi connectivity index (χ1n) is 3.10. The van der Waals surface area contributed by atoms with Gasteiger partial charge in [0, 0.05) is 0 Å². The third kappa shape index (κ3) is 1.97. The van der Waals surface area contributed by atoms with E-state index in [0.717, 1.165) is 0 Å². The zero-order chi connectivity index (χ0) is 10.1. The maximum atomic E-state index is 12.6. The van der Waals surface area contributed by atoms with Gasteiger partial charge in [0.1, 0.15) is 11.0 Å². The molecule has 0 aliphatic carbocycles. The van der Waals surface area contributed by atoms with E-state index in [2.05, 4.69) is 0 Å². The molecule has 0 amide bonds. The molecule has 3 nitrogen and oxygen atoms in total. The van der Waals surface area contributed by atoms with Gasteiger partial charge in [0.2, 0.25) is 0 Å². The maximum Gasteiger partial charge on any atom is 0.334 e.